The number of alkyl halides is 2. The van der Waals surface area contributed by atoms with Crippen LogP contribution in [0.3, 0.4) is 0 Å². The van der Waals surface area contributed by atoms with E-state index in [4.69, 9.17) is 0 Å². The van der Waals surface area contributed by atoms with Crippen molar-refractivity contribution in [2.75, 3.05) is 22.2 Å². The second-order valence-electron chi connectivity index (χ2n) is 4.90. The minimum absolute atomic E-state index is 0.171. The number of hydrogen-bond donors (Lipinski definition) is 0. The maximum absolute atomic E-state index is 11.7. The maximum Gasteiger partial charge on any atom is 0.150 e. The highest BCUT2D eigenvalue weighted by molar-refractivity contribution is 9.09. The van der Waals surface area contributed by atoms with E-state index in [1.54, 1.807) is 6.92 Å². The number of sulfone groups is 1. The minimum atomic E-state index is -2.93. The molecule has 1 aromatic carbocycles. The summed E-state index contributed by atoms with van der Waals surface area (Å²) in [5.41, 5.74) is 2.22. The monoisotopic (exact) mass is 410 g/mol. The molecular weight excluding hydrogens is 392 g/mol. The standard InChI is InChI=1S/C14H20Br2O2S/c1-3-19(17,18)9-8-14(10-15,11-16)13-6-4-12(2)5-7-13/h4-7H,3,8-11H2,1-2H3. The van der Waals surface area contributed by atoms with Gasteiger partial charge in [-0.1, -0.05) is 68.6 Å². The van der Waals surface area contributed by atoms with E-state index < -0.39 is 9.84 Å². The smallest absolute Gasteiger partial charge is 0.150 e. The summed E-state index contributed by atoms with van der Waals surface area (Å²) < 4.78 is 23.5. The molecule has 1 aromatic rings. The van der Waals surface area contributed by atoms with Gasteiger partial charge in [-0.15, -0.1) is 0 Å². The van der Waals surface area contributed by atoms with Crippen LogP contribution in [0.5, 0.6) is 0 Å². The van der Waals surface area contributed by atoms with Gasteiger partial charge < -0.3 is 0 Å². The van der Waals surface area contributed by atoms with Gasteiger partial charge in [0, 0.05) is 21.8 Å². The van der Waals surface area contributed by atoms with Crippen molar-refractivity contribution in [2.45, 2.75) is 25.7 Å². The van der Waals surface area contributed by atoms with Crippen molar-refractivity contribution in [1.82, 2.24) is 0 Å². The first-order valence-corrected chi connectivity index (χ1v) is 10.3. The van der Waals surface area contributed by atoms with E-state index in [0.29, 0.717) is 6.42 Å². The van der Waals surface area contributed by atoms with E-state index in [2.05, 4.69) is 63.0 Å². The molecule has 0 spiro atoms. The molecule has 19 heavy (non-hydrogen) atoms. The summed E-state index contributed by atoms with van der Waals surface area (Å²) in [6.45, 7) is 3.75. The Morgan fingerprint density at radius 1 is 1.11 bits per heavy atom. The Hall–Kier alpha value is 0.130. The van der Waals surface area contributed by atoms with E-state index in [-0.39, 0.29) is 16.9 Å². The number of hydrogen-bond acceptors (Lipinski definition) is 2. The average molecular weight is 412 g/mol. The van der Waals surface area contributed by atoms with Crippen LogP contribution < -0.4 is 0 Å². The van der Waals surface area contributed by atoms with Gasteiger partial charge in [-0.25, -0.2) is 8.42 Å². The largest absolute Gasteiger partial charge is 0.229 e. The molecule has 0 aliphatic carbocycles. The second-order valence-corrected chi connectivity index (χ2v) is 8.49. The number of benzene rings is 1. The van der Waals surface area contributed by atoms with E-state index in [9.17, 15) is 8.42 Å². The van der Waals surface area contributed by atoms with Crippen LogP contribution in [0.1, 0.15) is 24.5 Å². The summed E-state index contributed by atoms with van der Waals surface area (Å²) in [6.07, 6.45) is 0.628. The highest BCUT2D eigenvalue weighted by Crippen LogP contribution is 2.33. The topological polar surface area (TPSA) is 34.1 Å². The molecule has 0 fully saturated rings. The number of rotatable bonds is 7. The predicted molar refractivity (Wildman–Crippen MR) is 89.4 cm³/mol. The first-order chi connectivity index (χ1) is 8.89. The quantitative estimate of drug-likeness (QED) is 0.638. The molecule has 0 N–H and O–H groups in total. The van der Waals surface area contributed by atoms with Gasteiger partial charge in [-0.2, -0.15) is 0 Å². The van der Waals surface area contributed by atoms with Crippen LogP contribution in [0, 0.1) is 6.92 Å². The van der Waals surface area contributed by atoms with Crippen LogP contribution in [0.4, 0.5) is 0 Å². The molecule has 0 saturated carbocycles. The molecule has 0 aliphatic rings. The molecule has 0 saturated heterocycles. The van der Waals surface area contributed by atoms with E-state index in [1.165, 1.54) is 11.1 Å². The van der Waals surface area contributed by atoms with Gasteiger partial charge in [-0.05, 0) is 18.9 Å². The lowest BCUT2D eigenvalue weighted by Crippen LogP contribution is -2.33. The molecule has 0 amide bonds. The molecule has 0 bridgehead atoms. The SMILES string of the molecule is CCS(=O)(=O)CCC(CBr)(CBr)c1ccc(C)cc1. The summed E-state index contributed by atoms with van der Waals surface area (Å²) in [5.74, 6) is 0.441. The van der Waals surface area contributed by atoms with Gasteiger partial charge in [-0.3, -0.25) is 0 Å². The Labute approximate surface area is 133 Å². The van der Waals surface area contributed by atoms with Crippen molar-refractivity contribution in [3.63, 3.8) is 0 Å². The first-order valence-electron chi connectivity index (χ1n) is 6.28. The van der Waals surface area contributed by atoms with E-state index in [1.807, 2.05) is 0 Å². The fourth-order valence-electron chi connectivity index (χ4n) is 1.87. The van der Waals surface area contributed by atoms with Crippen molar-refractivity contribution in [1.29, 1.82) is 0 Å². The summed E-state index contributed by atoms with van der Waals surface area (Å²) in [6, 6.07) is 8.33. The van der Waals surface area contributed by atoms with Crippen molar-refractivity contribution < 1.29 is 8.42 Å². The molecule has 5 heteroatoms. The van der Waals surface area contributed by atoms with Gasteiger partial charge in [0.15, 0.2) is 0 Å². The summed E-state index contributed by atoms with van der Waals surface area (Å²) in [4.78, 5) is 0. The zero-order chi connectivity index (χ0) is 14.5. The molecule has 0 radical (unpaired) electrons. The first kappa shape index (κ1) is 17.2. The van der Waals surface area contributed by atoms with Gasteiger partial charge >= 0.3 is 0 Å². The molecule has 0 heterocycles. The van der Waals surface area contributed by atoms with Crippen molar-refractivity contribution in [3.8, 4) is 0 Å². The van der Waals surface area contributed by atoms with Crippen LogP contribution in [-0.4, -0.2) is 30.6 Å². The van der Waals surface area contributed by atoms with Crippen molar-refractivity contribution in [2.24, 2.45) is 0 Å². The Bertz CT molecular complexity index is 491. The molecule has 0 aliphatic heterocycles. The van der Waals surface area contributed by atoms with E-state index in [0.717, 1.165) is 10.7 Å². The third kappa shape index (κ3) is 4.57. The minimum Gasteiger partial charge on any atom is -0.229 e. The van der Waals surface area contributed by atoms with Crippen LogP contribution in [-0.2, 0) is 15.3 Å². The average Bonchev–Trinajstić information content (AvgIpc) is 2.42. The summed E-state index contributed by atoms with van der Waals surface area (Å²) >= 11 is 7.11. The van der Waals surface area contributed by atoms with Crippen molar-refractivity contribution in [3.05, 3.63) is 35.4 Å². The molecule has 0 atom stereocenters. The lowest BCUT2D eigenvalue weighted by atomic mass is 9.82. The zero-order valence-corrected chi connectivity index (χ0v) is 15.3. The third-order valence-electron chi connectivity index (χ3n) is 3.51. The van der Waals surface area contributed by atoms with Crippen LogP contribution in [0.25, 0.3) is 0 Å². The van der Waals surface area contributed by atoms with Crippen LogP contribution in [0.2, 0.25) is 0 Å². The lowest BCUT2D eigenvalue weighted by Gasteiger charge is -2.30. The molecule has 0 unspecified atom stereocenters. The molecule has 1 rings (SSSR count). The van der Waals surface area contributed by atoms with Crippen LogP contribution >= 0.6 is 31.9 Å². The number of aryl methyl sites for hydroxylation is 1. The highest BCUT2D eigenvalue weighted by Gasteiger charge is 2.31. The molecule has 108 valence electrons. The predicted octanol–water partition coefficient (Wildman–Crippen LogP) is 3.85. The second kappa shape index (κ2) is 7.23. The van der Waals surface area contributed by atoms with Gasteiger partial charge in [0.1, 0.15) is 9.84 Å². The van der Waals surface area contributed by atoms with E-state index >= 15 is 0 Å². The fraction of sp³-hybridized carbons (Fsp3) is 0.571. The summed E-state index contributed by atoms with van der Waals surface area (Å²) in [7, 11) is -2.93. The van der Waals surface area contributed by atoms with Crippen LogP contribution in [0.15, 0.2) is 24.3 Å². The lowest BCUT2D eigenvalue weighted by molar-refractivity contribution is 0.523. The Morgan fingerprint density at radius 3 is 2.05 bits per heavy atom. The highest BCUT2D eigenvalue weighted by atomic mass is 79.9. The van der Waals surface area contributed by atoms with Crippen molar-refractivity contribution >= 4 is 41.7 Å². The zero-order valence-electron chi connectivity index (χ0n) is 11.3. The Balaban J connectivity index is 3.00. The summed E-state index contributed by atoms with van der Waals surface area (Å²) in [5, 5.41) is 1.49. The maximum atomic E-state index is 11.7. The molecule has 0 aromatic heterocycles. The molecular formula is C14H20Br2O2S. The Morgan fingerprint density at radius 2 is 1.63 bits per heavy atom. The van der Waals surface area contributed by atoms with Gasteiger partial charge in [0.05, 0.1) is 5.75 Å². The third-order valence-corrected chi connectivity index (χ3v) is 7.36. The van der Waals surface area contributed by atoms with Gasteiger partial charge in [0.25, 0.3) is 0 Å². The Kier molecular flexibility index (Phi) is 6.54. The fourth-order valence-corrected chi connectivity index (χ4v) is 5.00. The normalized spacial score (nSPS) is 12.6. The number of halogens is 2. The molecule has 2 nitrogen and oxygen atoms in total. The van der Waals surface area contributed by atoms with Gasteiger partial charge in [0.2, 0.25) is 0 Å².